The molecule has 1 amide bonds. The summed E-state index contributed by atoms with van der Waals surface area (Å²) in [5.41, 5.74) is 0. The fraction of sp³-hybridized carbons (Fsp3) is 0.864. The Morgan fingerprint density at radius 2 is 0.769 bits per heavy atom. The van der Waals surface area contributed by atoms with Gasteiger partial charge in [0.2, 0.25) is 5.91 Å². The Balaban J connectivity index is 3.44. The minimum absolute atomic E-state index is 0.00184. The molecule has 0 aliphatic rings. The average Bonchev–Trinajstić information content (AvgIpc) is 3.31. The van der Waals surface area contributed by atoms with Crippen molar-refractivity contribution in [1.29, 1.82) is 0 Å². The van der Waals surface area contributed by atoms with Gasteiger partial charge in [0.25, 0.3) is 0 Å². The number of aliphatic hydroxyl groups excluding tert-OH is 2. The van der Waals surface area contributed by atoms with E-state index >= 15 is 0 Å². The van der Waals surface area contributed by atoms with E-state index in [9.17, 15) is 19.8 Å². The molecule has 0 aromatic heterocycles. The van der Waals surface area contributed by atoms with Crippen LogP contribution in [0.3, 0.4) is 0 Å². The van der Waals surface area contributed by atoms with E-state index in [4.69, 9.17) is 4.74 Å². The van der Waals surface area contributed by atoms with E-state index in [1.165, 1.54) is 212 Å². The highest BCUT2D eigenvalue weighted by atomic mass is 16.5. The first kappa shape index (κ1) is 63.1. The summed E-state index contributed by atoms with van der Waals surface area (Å²) in [5.74, 6) is -0.0485. The van der Waals surface area contributed by atoms with Crippen molar-refractivity contribution in [2.45, 2.75) is 315 Å². The Kier molecular flexibility index (Phi) is 53.1. The minimum atomic E-state index is -0.669. The van der Waals surface area contributed by atoms with Crippen molar-refractivity contribution >= 4 is 11.9 Å². The zero-order chi connectivity index (χ0) is 47.2. The Labute approximate surface area is 404 Å². The second-order valence-electron chi connectivity index (χ2n) is 19.6. The number of esters is 1. The summed E-state index contributed by atoms with van der Waals surface area (Å²) in [6, 6.07) is -0.548. The summed E-state index contributed by atoms with van der Waals surface area (Å²) in [5, 5.41) is 23.2. The zero-order valence-corrected chi connectivity index (χ0v) is 43.5. The van der Waals surface area contributed by atoms with Crippen LogP contribution in [0, 0.1) is 0 Å². The largest absolute Gasteiger partial charge is 0.466 e. The van der Waals surface area contributed by atoms with E-state index in [0.717, 1.165) is 57.8 Å². The normalized spacial score (nSPS) is 12.9. The first-order chi connectivity index (χ1) is 32.0. The number of aliphatic hydroxyl groups is 2. The van der Waals surface area contributed by atoms with Crippen molar-refractivity contribution < 1.29 is 24.5 Å². The Hall–Kier alpha value is -1.92. The van der Waals surface area contributed by atoms with E-state index in [-0.39, 0.29) is 18.5 Å². The van der Waals surface area contributed by atoms with Crippen molar-refractivity contribution in [3.63, 3.8) is 0 Å². The molecule has 0 rings (SSSR count). The number of rotatable bonds is 53. The Morgan fingerprint density at radius 1 is 0.431 bits per heavy atom. The van der Waals surface area contributed by atoms with Gasteiger partial charge in [-0.15, -0.1) is 0 Å². The fourth-order valence-corrected chi connectivity index (χ4v) is 8.72. The summed E-state index contributed by atoms with van der Waals surface area (Å²) in [6.07, 6.45) is 67.1. The molecule has 0 saturated heterocycles. The quantitative estimate of drug-likeness (QED) is 0.0321. The van der Waals surface area contributed by atoms with Crippen LogP contribution in [0.25, 0.3) is 0 Å². The number of hydrogen-bond acceptors (Lipinski definition) is 5. The molecule has 2 unspecified atom stereocenters. The maximum absolute atomic E-state index is 12.4. The molecular weight excluding hydrogens is 803 g/mol. The molecule has 0 fully saturated rings. The van der Waals surface area contributed by atoms with Crippen LogP contribution < -0.4 is 5.32 Å². The van der Waals surface area contributed by atoms with Gasteiger partial charge < -0.3 is 20.3 Å². The predicted molar refractivity (Wildman–Crippen MR) is 283 cm³/mol. The summed E-state index contributed by atoms with van der Waals surface area (Å²) in [4.78, 5) is 24.5. The third kappa shape index (κ3) is 51.3. The molecule has 0 aromatic carbocycles. The molecule has 382 valence electrons. The lowest BCUT2D eigenvalue weighted by Gasteiger charge is -2.22. The SMILES string of the molecule is CCCCCCC/C=C\CCCCCCCC(=O)OCCCCCCCCCCC/C=C\C/C=C\CCCCCCCCCC(=O)NC(CO)C(O)CCCCCCCCCCCCC. The highest BCUT2D eigenvalue weighted by molar-refractivity contribution is 5.76. The molecule has 0 radical (unpaired) electrons. The van der Waals surface area contributed by atoms with Gasteiger partial charge in [0.15, 0.2) is 0 Å². The molecule has 0 heterocycles. The first-order valence-corrected chi connectivity index (χ1v) is 28.7. The highest BCUT2D eigenvalue weighted by Crippen LogP contribution is 2.16. The predicted octanol–water partition coefficient (Wildman–Crippen LogP) is 17.6. The molecule has 0 aliphatic heterocycles. The molecule has 6 heteroatoms. The first-order valence-electron chi connectivity index (χ1n) is 28.7. The highest BCUT2D eigenvalue weighted by Gasteiger charge is 2.20. The smallest absolute Gasteiger partial charge is 0.305 e. The van der Waals surface area contributed by atoms with Crippen molar-refractivity contribution in [3.8, 4) is 0 Å². The summed E-state index contributed by atoms with van der Waals surface area (Å²) in [7, 11) is 0. The number of carbonyl (C=O) groups excluding carboxylic acids is 2. The Bertz CT molecular complexity index is 1060. The standard InChI is InChI=1S/C59H111NO5/c1-3-5-7-9-11-13-15-16-29-33-37-41-45-49-53-59(64)65-54-50-46-42-38-34-30-27-25-23-21-19-17-18-20-22-24-26-28-32-36-40-44-48-52-58(63)60-56(55-61)57(62)51-47-43-39-35-31-14-12-10-8-6-4-2/h15-17,19-20,22,56-57,61-62H,3-14,18,21,23-55H2,1-2H3,(H,60,63)/b16-15-,19-17-,22-20-. The van der Waals surface area contributed by atoms with Crippen LogP contribution >= 0.6 is 0 Å². The average molecular weight is 915 g/mol. The molecule has 2 atom stereocenters. The molecule has 3 N–H and O–H groups in total. The second-order valence-corrected chi connectivity index (χ2v) is 19.6. The zero-order valence-electron chi connectivity index (χ0n) is 43.5. The van der Waals surface area contributed by atoms with E-state index in [0.29, 0.717) is 25.9 Å². The topological polar surface area (TPSA) is 95.9 Å². The van der Waals surface area contributed by atoms with Gasteiger partial charge in [-0.2, -0.15) is 0 Å². The number of hydrogen-bond donors (Lipinski definition) is 3. The summed E-state index contributed by atoms with van der Waals surface area (Å²) >= 11 is 0. The number of ether oxygens (including phenoxy) is 1. The van der Waals surface area contributed by atoms with E-state index in [2.05, 4.69) is 55.6 Å². The van der Waals surface area contributed by atoms with Crippen LogP contribution in [-0.4, -0.2) is 47.4 Å². The molecule has 6 nitrogen and oxygen atoms in total. The van der Waals surface area contributed by atoms with Gasteiger partial charge in [-0.3, -0.25) is 9.59 Å². The van der Waals surface area contributed by atoms with E-state index in [1.807, 2.05) is 0 Å². The van der Waals surface area contributed by atoms with E-state index in [1.54, 1.807) is 0 Å². The summed E-state index contributed by atoms with van der Waals surface area (Å²) in [6.45, 7) is 4.92. The number of carbonyl (C=O) groups is 2. The van der Waals surface area contributed by atoms with Crippen molar-refractivity contribution in [1.82, 2.24) is 5.32 Å². The van der Waals surface area contributed by atoms with Crippen LogP contribution in [0.5, 0.6) is 0 Å². The molecule has 0 bridgehead atoms. The molecule has 0 spiro atoms. The number of nitrogens with one attached hydrogen (secondary N) is 1. The third-order valence-corrected chi connectivity index (χ3v) is 13.2. The van der Waals surface area contributed by atoms with Gasteiger partial charge in [0, 0.05) is 12.8 Å². The molecule has 65 heavy (non-hydrogen) atoms. The van der Waals surface area contributed by atoms with Crippen LogP contribution in [0.2, 0.25) is 0 Å². The summed E-state index contributed by atoms with van der Waals surface area (Å²) < 4.78 is 5.47. The maximum Gasteiger partial charge on any atom is 0.305 e. The monoisotopic (exact) mass is 914 g/mol. The van der Waals surface area contributed by atoms with E-state index < -0.39 is 12.1 Å². The maximum atomic E-state index is 12.4. The van der Waals surface area contributed by atoms with Gasteiger partial charge in [0.1, 0.15) is 0 Å². The van der Waals surface area contributed by atoms with Crippen molar-refractivity contribution in [3.05, 3.63) is 36.5 Å². The number of amides is 1. The molecule has 0 saturated carbocycles. The van der Waals surface area contributed by atoms with Crippen LogP contribution in [0.1, 0.15) is 303 Å². The van der Waals surface area contributed by atoms with Gasteiger partial charge in [-0.1, -0.05) is 243 Å². The van der Waals surface area contributed by atoms with Crippen LogP contribution in [0.15, 0.2) is 36.5 Å². The van der Waals surface area contributed by atoms with Crippen LogP contribution in [-0.2, 0) is 14.3 Å². The Morgan fingerprint density at radius 3 is 1.18 bits per heavy atom. The number of allylic oxidation sites excluding steroid dienone is 6. The van der Waals surface area contributed by atoms with Gasteiger partial charge in [-0.25, -0.2) is 0 Å². The van der Waals surface area contributed by atoms with Crippen molar-refractivity contribution in [2.24, 2.45) is 0 Å². The van der Waals surface area contributed by atoms with Gasteiger partial charge in [0.05, 0.1) is 25.4 Å². The molecule has 0 aliphatic carbocycles. The molecule has 0 aromatic rings. The fourth-order valence-electron chi connectivity index (χ4n) is 8.72. The minimum Gasteiger partial charge on any atom is -0.466 e. The lowest BCUT2D eigenvalue weighted by atomic mass is 10.0. The lowest BCUT2D eigenvalue weighted by Crippen LogP contribution is -2.45. The van der Waals surface area contributed by atoms with Gasteiger partial charge >= 0.3 is 5.97 Å². The number of unbranched alkanes of at least 4 members (excludes halogenated alkanes) is 36. The van der Waals surface area contributed by atoms with Crippen LogP contribution in [0.4, 0.5) is 0 Å². The second kappa shape index (κ2) is 54.7. The lowest BCUT2D eigenvalue weighted by molar-refractivity contribution is -0.143. The third-order valence-electron chi connectivity index (χ3n) is 13.2. The van der Waals surface area contributed by atoms with Crippen molar-refractivity contribution in [2.75, 3.05) is 13.2 Å². The molecular formula is C59H111NO5. The van der Waals surface area contributed by atoms with Gasteiger partial charge in [-0.05, 0) is 83.5 Å².